The highest BCUT2D eigenvalue weighted by Crippen LogP contribution is 2.23. The normalized spacial score (nSPS) is 19.8. The van der Waals surface area contributed by atoms with Gasteiger partial charge in [0.1, 0.15) is 0 Å². The highest BCUT2D eigenvalue weighted by Gasteiger charge is 2.22. The Bertz CT molecular complexity index is 668. The van der Waals surface area contributed by atoms with Crippen molar-refractivity contribution in [1.82, 2.24) is 4.72 Å². The molecule has 8 heteroatoms. The van der Waals surface area contributed by atoms with Gasteiger partial charge in [0.25, 0.3) is 0 Å². The van der Waals surface area contributed by atoms with Gasteiger partial charge >= 0.3 is 0 Å². The van der Waals surface area contributed by atoms with Gasteiger partial charge in [-0.2, -0.15) is 0 Å². The molecule has 0 saturated carbocycles. The molecular weight excluding hydrogens is 332 g/mol. The minimum absolute atomic E-state index is 0.0798. The molecule has 2 fully saturated rings. The number of ether oxygens (including phenoxy) is 2. The predicted molar refractivity (Wildman–Crippen MR) is 88.1 cm³/mol. The molecule has 132 valence electrons. The fraction of sp³-hybridized carbons (Fsp3) is 0.562. The molecule has 3 rings (SSSR count). The van der Waals surface area contributed by atoms with Crippen molar-refractivity contribution in [2.45, 2.75) is 36.9 Å². The molecule has 7 nitrogen and oxygen atoms in total. The van der Waals surface area contributed by atoms with Crippen molar-refractivity contribution in [2.24, 2.45) is 0 Å². The van der Waals surface area contributed by atoms with E-state index in [4.69, 9.17) is 9.47 Å². The highest BCUT2D eigenvalue weighted by molar-refractivity contribution is 7.89. The fourth-order valence-corrected chi connectivity index (χ4v) is 3.87. The van der Waals surface area contributed by atoms with Crippen LogP contribution in [0.1, 0.15) is 25.7 Å². The zero-order chi connectivity index (χ0) is 17.0. The number of hydrogen-bond acceptors (Lipinski definition) is 5. The molecule has 1 N–H and O–H groups in total. The lowest BCUT2D eigenvalue weighted by molar-refractivity contribution is -0.180. The predicted octanol–water partition coefficient (Wildman–Crippen LogP) is 1.24. The number of rotatable bonds is 6. The molecule has 0 radical (unpaired) electrons. The van der Waals surface area contributed by atoms with E-state index in [1.807, 2.05) is 0 Å². The number of benzene rings is 1. The first kappa shape index (κ1) is 17.3. The quantitative estimate of drug-likeness (QED) is 0.831. The van der Waals surface area contributed by atoms with E-state index in [-0.39, 0.29) is 23.6 Å². The van der Waals surface area contributed by atoms with Gasteiger partial charge in [-0.1, -0.05) is 0 Å². The minimum Gasteiger partial charge on any atom is -0.353 e. The van der Waals surface area contributed by atoms with Crippen LogP contribution in [0, 0.1) is 0 Å². The lowest BCUT2D eigenvalue weighted by Crippen LogP contribution is -2.31. The lowest BCUT2D eigenvalue weighted by atomic mass is 10.3. The Morgan fingerprint density at radius 1 is 1.12 bits per heavy atom. The molecule has 2 aliphatic heterocycles. The van der Waals surface area contributed by atoms with Gasteiger partial charge in [-0.3, -0.25) is 4.79 Å². The van der Waals surface area contributed by atoms with Crippen LogP contribution in [-0.2, 0) is 24.3 Å². The molecule has 1 amide bonds. The lowest BCUT2D eigenvalue weighted by Gasteiger charge is -2.23. The van der Waals surface area contributed by atoms with Crippen molar-refractivity contribution in [3.63, 3.8) is 0 Å². The summed E-state index contributed by atoms with van der Waals surface area (Å²) in [7, 11) is -3.58. The van der Waals surface area contributed by atoms with Gasteiger partial charge in [-0.05, 0) is 37.1 Å². The Morgan fingerprint density at radius 3 is 2.46 bits per heavy atom. The molecule has 2 heterocycles. The van der Waals surface area contributed by atoms with Gasteiger partial charge in [0.05, 0.1) is 18.1 Å². The Kier molecular flexibility index (Phi) is 5.50. The molecule has 0 bridgehead atoms. The standard InChI is InChI=1S/C16H22N2O5S/c19-15-3-1-10-18(15)13-4-6-14(7-5-13)24(20,21)17-9-8-16-22-11-2-12-23-16/h4-7,16-17H,1-3,8-12H2. The summed E-state index contributed by atoms with van der Waals surface area (Å²) in [6, 6.07) is 6.39. The molecule has 24 heavy (non-hydrogen) atoms. The van der Waals surface area contributed by atoms with Crippen molar-refractivity contribution in [3.05, 3.63) is 24.3 Å². The van der Waals surface area contributed by atoms with Crippen molar-refractivity contribution in [2.75, 3.05) is 31.2 Å². The van der Waals surface area contributed by atoms with Crippen LogP contribution in [0.15, 0.2) is 29.2 Å². The van der Waals surface area contributed by atoms with E-state index in [0.717, 1.165) is 18.5 Å². The number of nitrogens with zero attached hydrogens (tertiary/aromatic N) is 1. The average Bonchev–Trinajstić information content (AvgIpc) is 3.02. The van der Waals surface area contributed by atoms with E-state index in [0.29, 0.717) is 32.6 Å². The summed E-state index contributed by atoms with van der Waals surface area (Å²) in [5.74, 6) is 0.0798. The first-order valence-corrected chi connectivity index (χ1v) is 9.68. The number of carbonyl (C=O) groups is 1. The van der Waals surface area contributed by atoms with Gasteiger partial charge in [-0.25, -0.2) is 13.1 Å². The molecule has 0 unspecified atom stereocenters. The summed E-state index contributed by atoms with van der Waals surface area (Å²) in [6.45, 7) is 2.23. The Hall–Kier alpha value is -1.48. The number of amides is 1. The molecule has 1 aromatic rings. The molecule has 1 aromatic carbocycles. The third-order valence-corrected chi connectivity index (χ3v) is 5.58. The van der Waals surface area contributed by atoms with E-state index in [2.05, 4.69) is 4.72 Å². The van der Waals surface area contributed by atoms with Crippen LogP contribution < -0.4 is 9.62 Å². The summed E-state index contributed by atoms with van der Waals surface area (Å²) in [6.07, 6.45) is 2.39. The zero-order valence-electron chi connectivity index (χ0n) is 13.4. The van der Waals surface area contributed by atoms with E-state index in [1.165, 1.54) is 12.1 Å². The van der Waals surface area contributed by atoms with Crippen LogP contribution >= 0.6 is 0 Å². The second-order valence-corrected chi connectivity index (χ2v) is 7.62. The molecule has 2 aliphatic rings. The van der Waals surface area contributed by atoms with E-state index < -0.39 is 10.0 Å². The topological polar surface area (TPSA) is 84.9 Å². The third-order valence-electron chi connectivity index (χ3n) is 4.10. The number of anilines is 1. The van der Waals surface area contributed by atoms with Crippen LogP contribution in [0.5, 0.6) is 0 Å². The van der Waals surface area contributed by atoms with Crippen LogP contribution in [0.4, 0.5) is 5.69 Å². The minimum atomic E-state index is -3.58. The fourth-order valence-electron chi connectivity index (χ4n) is 2.82. The van der Waals surface area contributed by atoms with Gasteiger partial charge in [0.2, 0.25) is 15.9 Å². The SMILES string of the molecule is O=C1CCCN1c1ccc(S(=O)(=O)NCCC2OCCCO2)cc1. The maximum Gasteiger partial charge on any atom is 0.240 e. The van der Waals surface area contributed by atoms with Gasteiger partial charge in [0, 0.05) is 31.6 Å². The number of sulfonamides is 1. The third kappa shape index (κ3) is 4.13. The second-order valence-electron chi connectivity index (χ2n) is 5.85. The van der Waals surface area contributed by atoms with Crippen molar-refractivity contribution < 1.29 is 22.7 Å². The number of nitrogens with one attached hydrogen (secondary N) is 1. The van der Waals surface area contributed by atoms with Crippen LogP contribution in [0.2, 0.25) is 0 Å². The van der Waals surface area contributed by atoms with Gasteiger partial charge in [0.15, 0.2) is 6.29 Å². The Labute approximate surface area is 142 Å². The van der Waals surface area contributed by atoms with Crippen molar-refractivity contribution >= 4 is 21.6 Å². The summed E-state index contributed by atoms with van der Waals surface area (Å²) < 4.78 is 37.9. The van der Waals surface area contributed by atoms with Crippen molar-refractivity contribution in [1.29, 1.82) is 0 Å². The monoisotopic (exact) mass is 354 g/mol. The maximum absolute atomic E-state index is 12.3. The van der Waals surface area contributed by atoms with E-state index >= 15 is 0 Å². The summed E-state index contributed by atoms with van der Waals surface area (Å²) in [5.41, 5.74) is 0.737. The smallest absolute Gasteiger partial charge is 0.240 e. The molecule has 0 atom stereocenters. The summed E-state index contributed by atoms with van der Waals surface area (Å²) in [5, 5.41) is 0. The van der Waals surface area contributed by atoms with E-state index in [1.54, 1.807) is 17.0 Å². The molecule has 0 aliphatic carbocycles. The molecule has 0 aromatic heterocycles. The average molecular weight is 354 g/mol. The number of hydrogen-bond donors (Lipinski definition) is 1. The molecule has 0 spiro atoms. The summed E-state index contributed by atoms with van der Waals surface area (Å²) >= 11 is 0. The number of carbonyl (C=O) groups excluding carboxylic acids is 1. The first-order valence-electron chi connectivity index (χ1n) is 8.19. The zero-order valence-corrected chi connectivity index (χ0v) is 14.3. The van der Waals surface area contributed by atoms with Crippen molar-refractivity contribution in [3.8, 4) is 0 Å². The Morgan fingerprint density at radius 2 is 1.83 bits per heavy atom. The second kappa shape index (κ2) is 7.60. The highest BCUT2D eigenvalue weighted by atomic mass is 32.2. The van der Waals surface area contributed by atoms with Gasteiger partial charge in [-0.15, -0.1) is 0 Å². The van der Waals surface area contributed by atoms with E-state index in [9.17, 15) is 13.2 Å². The van der Waals surface area contributed by atoms with Gasteiger partial charge < -0.3 is 14.4 Å². The first-order chi connectivity index (χ1) is 11.6. The maximum atomic E-state index is 12.3. The Balaban J connectivity index is 1.56. The molecular formula is C16H22N2O5S. The van der Waals surface area contributed by atoms with Crippen LogP contribution in [0.25, 0.3) is 0 Å². The summed E-state index contributed by atoms with van der Waals surface area (Å²) in [4.78, 5) is 13.6. The van der Waals surface area contributed by atoms with Crippen LogP contribution in [-0.4, -0.2) is 46.9 Å². The largest absolute Gasteiger partial charge is 0.353 e. The van der Waals surface area contributed by atoms with Crippen LogP contribution in [0.3, 0.4) is 0 Å². The molecule has 2 saturated heterocycles.